The minimum absolute atomic E-state index is 0.217. The van der Waals surface area contributed by atoms with Gasteiger partial charge in [0.2, 0.25) is 5.91 Å². The van der Waals surface area contributed by atoms with Crippen LogP contribution < -0.4 is 5.32 Å². The van der Waals surface area contributed by atoms with Crippen LogP contribution in [0.1, 0.15) is 194 Å². The van der Waals surface area contributed by atoms with E-state index in [1.54, 1.807) is 0 Å². The number of ether oxygens (including phenoxy) is 4. The number of rotatable bonds is 40. The largest absolute Gasteiger partial charge is 0.394 e. The molecule has 66 heavy (non-hydrogen) atoms. The molecular formula is C52H95NO13. The summed E-state index contributed by atoms with van der Waals surface area (Å²) in [6.07, 6.45) is 27.9. The third-order valence-corrected chi connectivity index (χ3v) is 12.9. The average Bonchev–Trinajstić information content (AvgIpc) is 3.31. The maximum absolute atomic E-state index is 13.1. The van der Waals surface area contributed by atoms with Gasteiger partial charge in [0.25, 0.3) is 0 Å². The molecule has 2 aliphatic rings. The van der Waals surface area contributed by atoms with Crippen molar-refractivity contribution in [1.29, 1.82) is 0 Å². The molecule has 2 rings (SSSR count). The Hall–Kier alpha value is -1.79. The zero-order valence-corrected chi connectivity index (χ0v) is 40.9. The lowest BCUT2D eigenvalue weighted by atomic mass is 9.97. The summed E-state index contributed by atoms with van der Waals surface area (Å²) in [4.78, 5) is 13.1. The number of allylic oxidation sites excluding steroid dienone is 6. The van der Waals surface area contributed by atoms with Crippen molar-refractivity contribution in [3.05, 3.63) is 36.5 Å². The third kappa shape index (κ3) is 25.7. The summed E-state index contributed by atoms with van der Waals surface area (Å²) in [5, 5.41) is 86.4. The predicted octanol–water partition coefficient (Wildman–Crippen LogP) is 7.10. The van der Waals surface area contributed by atoms with Gasteiger partial charge >= 0.3 is 0 Å². The number of unbranched alkanes of at least 4 members (excludes halogenated alkanes) is 21. The number of carbonyl (C=O) groups excluding carboxylic acids is 1. The van der Waals surface area contributed by atoms with Crippen molar-refractivity contribution in [2.45, 2.75) is 267 Å². The number of amides is 1. The van der Waals surface area contributed by atoms with Crippen LogP contribution in [0.15, 0.2) is 36.5 Å². The second kappa shape index (κ2) is 39.0. The van der Waals surface area contributed by atoms with Crippen molar-refractivity contribution in [3.8, 4) is 0 Å². The first kappa shape index (κ1) is 60.3. The SMILES string of the molecule is CCCCCCC/C=C\C/C=C\C/C=C\CCCCCCCCCCCCCCC(=O)NC(COC1OC(CO)C(OC2OC(CO)C(O)C(O)C2O)C(O)C1O)C(O)CCCCCCC. The summed E-state index contributed by atoms with van der Waals surface area (Å²) in [5.41, 5.74) is 0. The molecule has 0 aliphatic carbocycles. The van der Waals surface area contributed by atoms with Gasteiger partial charge in [-0.2, -0.15) is 0 Å². The Balaban J connectivity index is 1.63. The summed E-state index contributed by atoms with van der Waals surface area (Å²) >= 11 is 0. The lowest BCUT2D eigenvalue weighted by molar-refractivity contribution is -0.359. The normalized spacial score (nSPS) is 27.1. The van der Waals surface area contributed by atoms with Crippen LogP contribution in [-0.4, -0.2) is 140 Å². The molecule has 2 aliphatic heterocycles. The van der Waals surface area contributed by atoms with E-state index < -0.39 is 86.8 Å². The molecule has 0 aromatic heterocycles. The van der Waals surface area contributed by atoms with E-state index in [4.69, 9.17) is 18.9 Å². The fourth-order valence-corrected chi connectivity index (χ4v) is 8.54. The Bertz CT molecular complexity index is 1250. The van der Waals surface area contributed by atoms with E-state index in [2.05, 4.69) is 55.6 Å². The van der Waals surface area contributed by atoms with Gasteiger partial charge in [-0.15, -0.1) is 0 Å². The molecule has 0 saturated carbocycles. The highest BCUT2D eigenvalue weighted by molar-refractivity contribution is 5.76. The fraction of sp³-hybridized carbons (Fsp3) is 0.865. The smallest absolute Gasteiger partial charge is 0.220 e. The Morgan fingerprint density at radius 1 is 0.545 bits per heavy atom. The Labute approximate surface area is 398 Å². The number of nitrogens with one attached hydrogen (secondary N) is 1. The molecule has 2 fully saturated rings. The van der Waals surface area contributed by atoms with Crippen LogP contribution >= 0.6 is 0 Å². The molecule has 2 saturated heterocycles. The minimum Gasteiger partial charge on any atom is -0.394 e. The van der Waals surface area contributed by atoms with E-state index >= 15 is 0 Å². The highest BCUT2D eigenvalue weighted by Gasteiger charge is 2.51. The fourth-order valence-electron chi connectivity index (χ4n) is 8.54. The highest BCUT2D eigenvalue weighted by Crippen LogP contribution is 2.30. The molecule has 12 atom stereocenters. The first-order valence-electron chi connectivity index (χ1n) is 26.2. The minimum atomic E-state index is -1.78. The molecular weight excluding hydrogens is 847 g/mol. The van der Waals surface area contributed by atoms with Gasteiger partial charge in [-0.25, -0.2) is 0 Å². The first-order chi connectivity index (χ1) is 32.1. The number of aliphatic hydroxyl groups is 8. The van der Waals surface area contributed by atoms with E-state index in [0.29, 0.717) is 12.8 Å². The van der Waals surface area contributed by atoms with Gasteiger partial charge in [0.1, 0.15) is 48.8 Å². The number of carbonyl (C=O) groups is 1. The van der Waals surface area contributed by atoms with Gasteiger partial charge in [0, 0.05) is 6.42 Å². The maximum Gasteiger partial charge on any atom is 0.220 e. The zero-order valence-electron chi connectivity index (χ0n) is 40.9. The standard InChI is InChI=1S/C52H95NO13/c1-3-5-7-9-10-11-12-13-14-15-16-17-18-19-20-21-22-23-24-25-26-27-28-29-30-32-34-36-44(57)53-40(41(56)35-33-31-8-6-4-2)39-63-51-49(62)47(60)50(43(38-55)65-51)66-52-48(61)46(59)45(58)42(37-54)64-52/h12-13,15-16,18-19,40-43,45-52,54-56,58-62H,3-11,14,17,20-39H2,1-2H3,(H,53,57)/b13-12-,16-15-,19-18-. The number of aliphatic hydroxyl groups excluding tert-OH is 8. The van der Waals surface area contributed by atoms with Crippen LogP contribution in [0.25, 0.3) is 0 Å². The summed E-state index contributed by atoms with van der Waals surface area (Å²) in [6, 6.07) is -0.825. The third-order valence-electron chi connectivity index (χ3n) is 12.9. The van der Waals surface area contributed by atoms with E-state index in [1.165, 1.54) is 96.3 Å². The van der Waals surface area contributed by atoms with Crippen LogP contribution in [0.5, 0.6) is 0 Å². The molecule has 386 valence electrons. The van der Waals surface area contributed by atoms with Crippen LogP contribution in [0.4, 0.5) is 0 Å². The molecule has 0 bridgehead atoms. The second-order valence-electron chi connectivity index (χ2n) is 18.7. The van der Waals surface area contributed by atoms with E-state index in [-0.39, 0.29) is 12.5 Å². The van der Waals surface area contributed by atoms with E-state index in [0.717, 1.165) is 70.6 Å². The van der Waals surface area contributed by atoms with Crippen molar-refractivity contribution in [2.24, 2.45) is 0 Å². The quantitative estimate of drug-likeness (QED) is 0.0221. The van der Waals surface area contributed by atoms with Crippen molar-refractivity contribution in [3.63, 3.8) is 0 Å². The Kier molecular flexibility index (Phi) is 35.6. The first-order valence-corrected chi connectivity index (χ1v) is 26.2. The molecule has 9 N–H and O–H groups in total. The topological polar surface area (TPSA) is 228 Å². The van der Waals surface area contributed by atoms with Crippen molar-refractivity contribution < 1.29 is 64.6 Å². The summed E-state index contributed by atoms with van der Waals surface area (Å²) in [6.45, 7) is 2.73. The molecule has 14 nitrogen and oxygen atoms in total. The van der Waals surface area contributed by atoms with Gasteiger partial charge in [0.15, 0.2) is 12.6 Å². The number of hydrogen-bond donors (Lipinski definition) is 9. The van der Waals surface area contributed by atoms with E-state index in [1.807, 2.05) is 0 Å². The predicted molar refractivity (Wildman–Crippen MR) is 258 cm³/mol. The summed E-state index contributed by atoms with van der Waals surface area (Å²) < 4.78 is 22.6. The van der Waals surface area contributed by atoms with Gasteiger partial charge in [-0.3, -0.25) is 4.79 Å². The van der Waals surface area contributed by atoms with Crippen molar-refractivity contribution in [1.82, 2.24) is 5.32 Å². The van der Waals surface area contributed by atoms with Gasteiger partial charge in [-0.05, 0) is 51.4 Å². The molecule has 14 heteroatoms. The zero-order chi connectivity index (χ0) is 48.2. The van der Waals surface area contributed by atoms with Crippen LogP contribution in [0.3, 0.4) is 0 Å². The van der Waals surface area contributed by atoms with Gasteiger partial charge in [-0.1, -0.05) is 172 Å². The molecule has 1 amide bonds. The molecule has 0 aromatic carbocycles. The monoisotopic (exact) mass is 942 g/mol. The molecule has 0 spiro atoms. The van der Waals surface area contributed by atoms with E-state index in [9.17, 15) is 45.6 Å². The second-order valence-corrected chi connectivity index (χ2v) is 18.7. The molecule has 12 unspecified atom stereocenters. The Morgan fingerprint density at radius 2 is 1.00 bits per heavy atom. The number of hydrogen-bond acceptors (Lipinski definition) is 13. The highest BCUT2D eigenvalue weighted by atomic mass is 16.7. The average molecular weight is 942 g/mol. The van der Waals surface area contributed by atoms with Crippen molar-refractivity contribution >= 4 is 5.91 Å². The van der Waals surface area contributed by atoms with Crippen molar-refractivity contribution in [2.75, 3.05) is 19.8 Å². The molecule has 0 aromatic rings. The Morgan fingerprint density at radius 3 is 1.53 bits per heavy atom. The summed E-state index contributed by atoms with van der Waals surface area (Å²) in [5.74, 6) is -0.217. The van der Waals surface area contributed by atoms with Gasteiger partial charge < -0.3 is 65.1 Å². The van der Waals surface area contributed by atoms with Gasteiger partial charge in [0.05, 0.1) is 32.0 Å². The summed E-state index contributed by atoms with van der Waals surface area (Å²) in [7, 11) is 0. The lowest BCUT2D eigenvalue weighted by Crippen LogP contribution is -2.65. The molecule has 0 radical (unpaired) electrons. The van der Waals surface area contributed by atoms with Crippen LogP contribution in [-0.2, 0) is 23.7 Å². The lowest BCUT2D eigenvalue weighted by Gasteiger charge is -2.46. The molecule has 2 heterocycles. The van der Waals surface area contributed by atoms with Crippen LogP contribution in [0, 0.1) is 0 Å². The maximum atomic E-state index is 13.1. The van der Waals surface area contributed by atoms with Crippen LogP contribution in [0.2, 0.25) is 0 Å².